The first kappa shape index (κ1) is 73.9. The molecule has 125 heavy (non-hydrogen) atoms. The van der Waals surface area contributed by atoms with Crippen LogP contribution in [0.3, 0.4) is 0 Å². The van der Waals surface area contributed by atoms with Gasteiger partial charge in [0, 0.05) is 97.0 Å². The van der Waals surface area contributed by atoms with Crippen molar-refractivity contribution < 1.29 is 4.42 Å². The van der Waals surface area contributed by atoms with Gasteiger partial charge in [0.1, 0.15) is 11.2 Å². The van der Waals surface area contributed by atoms with Gasteiger partial charge in [-0.05, 0) is 127 Å². The number of pyridine rings is 2. The second kappa shape index (κ2) is 31.8. The molecule has 0 bridgehead atoms. The molecule has 9 nitrogen and oxygen atoms in total. The van der Waals surface area contributed by atoms with Crippen LogP contribution in [0.5, 0.6) is 0 Å². The van der Waals surface area contributed by atoms with Gasteiger partial charge in [-0.1, -0.05) is 364 Å². The van der Waals surface area contributed by atoms with E-state index in [0.717, 1.165) is 139 Å². The Morgan fingerprint density at radius 3 is 0.848 bits per heavy atom. The fourth-order valence-corrected chi connectivity index (χ4v) is 19.6. The Hall–Kier alpha value is -16.2. The van der Waals surface area contributed by atoms with Crippen LogP contribution in [0.2, 0.25) is 0 Å². The van der Waals surface area contributed by atoms with Crippen molar-refractivity contribution in [1.82, 2.24) is 39.9 Å². The van der Waals surface area contributed by atoms with E-state index in [1.807, 2.05) is 108 Å². The zero-order valence-electron chi connectivity index (χ0n) is 67.2. The van der Waals surface area contributed by atoms with E-state index in [1.54, 1.807) is 0 Å². The first-order chi connectivity index (χ1) is 61.9. The van der Waals surface area contributed by atoms with Gasteiger partial charge in [-0.15, -0.1) is 22.7 Å². The van der Waals surface area contributed by atoms with Crippen molar-refractivity contribution in [1.29, 1.82) is 0 Å². The molecule has 0 spiro atoms. The van der Waals surface area contributed by atoms with E-state index in [9.17, 15) is 0 Å². The number of furan rings is 1. The molecule has 24 rings (SSSR count). The molecule has 0 aliphatic carbocycles. The molecule has 0 fully saturated rings. The molecule has 0 amide bonds. The molecule has 0 aliphatic rings. The Morgan fingerprint density at radius 2 is 0.424 bits per heavy atom. The Balaban J connectivity index is 0.000000144. The van der Waals surface area contributed by atoms with Gasteiger partial charge in [-0.25, -0.2) is 39.9 Å². The third-order valence-corrected chi connectivity index (χ3v) is 25.9. The lowest BCUT2D eigenvalue weighted by Crippen LogP contribution is -2.00. The normalized spacial score (nSPS) is 11.5. The minimum Gasteiger partial charge on any atom is -0.456 e. The lowest BCUT2D eigenvalue weighted by Gasteiger charge is -2.11. The number of nitrogens with zero attached hydrogens (tertiary/aromatic N) is 8. The molecule has 0 aliphatic heterocycles. The molecule has 7 aromatic heterocycles. The minimum atomic E-state index is 0.618. The van der Waals surface area contributed by atoms with Crippen molar-refractivity contribution in [3.8, 4) is 158 Å². The number of para-hydroxylation sites is 1. The summed E-state index contributed by atoms with van der Waals surface area (Å²) in [7, 11) is 0. The van der Waals surface area contributed by atoms with Crippen LogP contribution in [-0.4, -0.2) is 39.9 Å². The van der Waals surface area contributed by atoms with Gasteiger partial charge in [0.2, 0.25) is 0 Å². The number of benzene rings is 17. The molecule has 24 aromatic rings. The molecule has 11 heteroatoms. The highest BCUT2D eigenvalue weighted by Crippen LogP contribution is 2.48. The van der Waals surface area contributed by atoms with Crippen LogP contribution in [0, 0.1) is 0 Å². The van der Waals surface area contributed by atoms with Gasteiger partial charge < -0.3 is 4.42 Å². The number of hydrogen-bond acceptors (Lipinski definition) is 11. The Bertz CT molecular complexity index is 8060. The summed E-state index contributed by atoms with van der Waals surface area (Å²) >= 11 is 3.63. The monoisotopic (exact) mass is 1630 g/mol. The Morgan fingerprint density at radius 1 is 0.160 bits per heavy atom. The standard InChI is InChI=1S/C60H38N4S.C54H32N4OS/c1-4-13-39(14-5-1)42-23-29-45(30-24-42)58-62-59(46-31-25-43(26-32-46)40-15-6-2-7-16-40)64-60(63-58)47-33-27-44(28-34-47)48-19-12-20-50(37-48)56-57-55(51-21-10-11-22-54(51)65-57)52-38-49(35-36-53(52)61-56)41-17-8-3-9-18-41;1-3-11-36(12-4-1)52-56-53(37-13-5-2-6-14-37)58-54(57-52)38-25-21-34(22-26-38)33-19-23-35(24-20-33)50-51-49(43-16-8-10-18-48(43)60-51)44-31-39(28-30-45(44)55-50)40-27-29-42-41-15-7-9-17-46(41)59-47(42)32-40/h1-38H;1-32H. The van der Waals surface area contributed by atoms with E-state index in [4.69, 9.17) is 44.3 Å². The maximum absolute atomic E-state index is 6.26. The zero-order valence-corrected chi connectivity index (χ0v) is 68.8. The summed E-state index contributed by atoms with van der Waals surface area (Å²) in [5.41, 5.74) is 27.2. The summed E-state index contributed by atoms with van der Waals surface area (Å²) < 4.78 is 11.2. The Kier molecular flexibility index (Phi) is 18.8. The third kappa shape index (κ3) is 14.2. The van der Waals surface area contributed by atoms with Gasteiger partial charge in [0.05, 0.1) is 31.8 Å². The largest absolute Gasteiger partial charge is 0.456 e. The average molecular weight is 1630 g/mol. The van der Waals surface area contributed by atoms with Crippen molar-refractivity contribution in [3.63, 3.8) is 0 Å². The lowest BCUT2D eigenvalue weighted by molar-refractivity contribution is 0.669. The van der Waals surface area contributed by atoms with Crippen LogP contribution in [0.15, 0.2) is 429 Å². The molecule has 0 saturated heterocycles. The maximum Gasteiger partial charge on any atom is 0.164 e. The fourth-order valence-electron chi connectivity index (χ4n) is 17.1. The molecule has 584 valence electrons. The van der Waals surface area contributed by atoms with Crippen molar-refractivity contribution in [3.05, 3.63) is 425 Å². The van der Waals surface area contributed by atoms with Gasteiger partial charge >= 0.3 is 0 Å². The summed E-state index contributed by atoms with van der Waals surface area (Å²) in [4.78, 5) is 40.7. The van der Waals surface area contributed by atoms with E-state index in [1.165, 1.54) is 68.0 Å². The van der Waals surface area contributed by atoms with Crippen LogP contribution in [-0.2, 0) is 0 Å². The summed E-state index contributed by atoms with van der Waals surface area (Å²) in [6.45, 7) is 0. The minimum absolute atomic E-state index is 0.618. The summed E-state index contributed by atoms with van der Waals surface area (Å²) in [6, 6.07) is 148. The second-order valence-corrected chi connectivity index (χ2v) is 33.3. The predicted octanol–water partition coefficient (Wildman–Crippen LogP) is 30.8. The fraction of sp³-hybridized carbons (Fsp3) is 0. The molecule has 7 heterocycles. The zero-order chi connectivity index (χ0) is 82.7. The third-order valence-electron chi connectivity index (χ3n) is 23.5. The number of rotatable bonds is 14. The predicted molar refractivity (Wildman–Crippen MR) is 519 cm³/mol. The molecular weight excluding hydrogens is 1560 g/mol. The maximum atomic E-state index is 6.26. The van der Waals surface area contributed by atoms with Gasteiger partial charge in [-0.2, -0.15) is 0 Å². The van der Waals surface area contributed by atoms with Crippen molar-refractivity contribution in [2.45, 2.75) is 0 Å². The van der Waals surface area contributed by atoms with Gasteiger partial charge in [0.25, 0.3) is 0 Å². The number of thiophene rings is 2. The van der Waals surface area contributed by atoms with Crippen LogP contribution in [0.4, 0.5) is 0 Å². The molecule has 0 radical (unpaired) electrons. The second-order valence-electron chi connectivity index (χ2n) is 31.2. The highest BCUT2D eigenvalue weighted by atomic mass is 32.1. The average Bonchev–Trinajstić information content (AvgIpc) is 1.33. The SMILES string of the molecule is c1ccc(-c2ccc(-c3nc(-c4ccc(-c5ccccc5)cc4)nc(-c4ccc(-c5cccc(-c6nc7ccc(-c8ccccc8)cc7c7c6sc6ccccc67)c5)cc4)n3)cc2)cc1.c1ccc(-c2nc(-c3ccccc3)nc(-c3ccc(-c4ccc(-c5nc6ccc(-c7ccc8c(c7)oc7ccccc78)cc6c6c5sc5ccccc56)cc4)cc3)n2)cc1. The summed E-state index contributed by atoms with van der Waals surface area (Å²) in [6.07, 6.45) is 0. The van der Waals surface area contributed by atoms with E-state index in [-0.39, 0.29) is 0 Å². The highest BCUT2D eigenvalue weighted by molar-refractivity contribution is 7.27. The summed E-state index contributed by atoms with van der Waals surface area (Å²) in [5.74, 6) is 3.80. The first-order valence-corrected chi connectivity index (χ1v) is 43.4. The Labute approximate surface area is 728 Å². The van der Waals surface area contributed by atoms with Crippen molar-refractivity contribution in [2.75, 3.05) is 0 Å². The number of fused-ring (bicyclic) bond motifs is 13. The van der Waals surface area contributed by atoms with E-state index < -0.39 is 0 Å². The smallest absolute Gasteiger partial charge is 0.164 e. The molecule has 0 atom stereocenters. The van der Waals surface area contributed by atoms with E-state index >= 15 is 0 Å². The van der Waals surface area contributed by atoms with Crippen molar-refractivity contribution in [2.24, 2.45) is 0 Å². The van der Waals surface area contributed by atoms with Crippen LogP contribution >= 0.6 is 22.7 Å². The topological polar surface area (TPSA) is 116 Å². The first-order valence-electron chi connectivity index (χ1n) is 41.7. The quantitative estimate of drug-likeness (QED) is 0.105. The van der Waals surface area contributed by atoms with E-state index in [0.29, 0.717) is 34.9 Å². The molecule has 0 unspecified atom stereocenters. The molecule has 0 saturated carbocycles. The van der Waals surface area contributed by atoms with Crippen LogP contribution in [0.1, 0.15) is 0 Å². The number of hydrogen-bond donors (Lipinski definition) is 0. The highest BCUT2D eigenvalue weighted by Gasteiger charge is 2.23. The molecule has 17 aromatic carbocycles. The number of aromatic nitrogens is 8. The van der Waals surface area contributed by atoms with Gasteiger partial charge in [0.15, 0.2) is 34.9 Å². The van der Waals surface area contributed by atoms with E-state index in [2.05, 4.69) is 340 Å². The lowest BCUT2D eigenvalue weighted by atomic mass is 9.97. The van der Waals surface area contributed by atoms with Crippen molar-refractivity contribution >= 4 is 107 Å². The molecule has 0 N–H and O–H groups in total. The van der Waals surface area contributed by atoms with Crippen LogP contribution in [0.25, 0.3) is 242 Å². The van der Waals surface area contributed by atoms with Gasteiger partial charge in [-0.3, -0.25) is 0 Å². The van der Waals surface area contributed by atoms with Crippen LogP contribution < -0.4 is 0 Å². The summed E-state index contributed by atoms with van der Waals surface area (Å²) in [5, 5.41) is 9.60. The molecular formula is C114H70N8OS2.